The monoisotopic (exact) mass is 566 g/mol. The van der Waals surface area contributed by atoms with Crippen LogP contribution < -0.4 is 10.4 Å². The third-order valence-electron chi connectivity index (χ3n) is 6.49. The number of carbonyl (C=O) groups is 2. The number of hydrogen-bond acceptors (Lipinski definition) is 7. The van der Waals surface area contributed by atoms with E-state index in [1.807, 2.05) is 54.0 Å². The van der Waals surface area contributed by atoms with Gasteiger partial charge in [0.1, 0.15) is 16.1 Å². The van der Waals surface area contributed by atoms with Crippen LogP contribution in [0.1, 0.15) is 40.5 Å². The van der Waals surface area contributed by atoms with Crippen LogP contribution in [0.25, 0.3) is 0 Å². The van der Waals surface area contributed by atoms with Crippen molar-refractivity contribution in [2.75, 3.05) is 13.2 Å². The molecule has 0 saturated heterocycles. The Morgan fingerprint density at radius 1 is 0.718 bits per heavy atom. The summed E-state index contributed by atoms with van der Waals surface area (Å²) in [6, 6.07) is 14.0. The molecule has 0 N–H and O–H groups in total. The lowest BCUT2D eigenvalue weighted by Gasteiger charge is -2.19. The standard InChI is InChI=1S/C30H38O7Si2/c1-8-22-33-23-21-28(34-36-29(31)24-13-17-26(18-14-24)38(6,9-2)10-3)35-37-30(32)25-15-19-27(20-16-25)39(7,11-4)12-5/h9-20,28H,2-5,8,21-23H2,1,6-7H3. The summed E-state index contributed by atoms with van der Waals surface area (Å²) in [4.78, 5) is 45.5. The molecule has 0 aliphatic heterocycles. The van der Waals surface area contributed by atoms with E-state index in [-0.39, 0.29) is 24.2 Å². The highest BCUT2D eigenvalue weighted by atomic mass is 28.3. The fourth-order valence-electron chi connectivity index (χ4n) is 3.40. The van der Waals surface area contributed by atoms with Gasteiger partial charge >= 0.3 is 11.9 Å². The second-order valence-electron chi connectivity index (χ2n) is 9.30. The van der Waals surface area contributed by atoms with Crippen molar-refractivity contribution in [3.8, 4) is 0 Å². The van der Waals surface area contributed by atoms with Crippen molar-refractivity contribution in [3.05, 3.63) is 109 Å². The van der Waals surface area contributed by atoms with Crippen LogP contribution in [0.15, 0.2) is 97.6 Å². The molecular weight excluding hydrogens is 528 g/mol. The number of carbonyl (C=O) groups excluding carboxylic acids is 2. The van der Waals surface area contributed by atoms with Crippen LogP contribution in [0.2, 0.25) is 13.1 Å². The van der Waals surface area contributed by atoms with Gasteiger partial charge in [0.2, 0.25) is 6.29 Å². The van der Waals surface area contributed by atoms with E-state index in [2.05, 4.69) is 39.4 Å². The molecule has 0 fully saturated rings. The minimum atomic E-state index is -2.00. The van der Waals surface area contributed by atoms with Crippen LogP contribution in [0.3, 0.4) is 0 Å². The molecule has 0 atom stereocenters. The van der Waals surface area contributed by atoms with E-state index in [1.54, 1.807) is 24.3 Å². The SMILES string of the molecule is C=C[Si](C)(C=C)c1ccc(C(=O)OOC(CCOCCC)OOC(=O)c2ccc([Si](C)(C=C)C=C)cc2)cc1. The van der Waals surface area contributed by atoms with Crippen molar-refractivity contribution in [2.45, 2.75) is 39.1 Å². The zero-order chi connectivity index (χ0) is 28.9. The normalized spacial score (nSPS) is 11.5. The maximum atomic E-state index is 12.6. The second kappa shape index (κ2) is 15.3. The van der Waals surface area contributed by atoms with Crippen LogP contribution in [0, 0.1) is 0 Å². The summed E-state index contributed by atoms with van der Waals surface area (Å²) in [6.45, 7) is 22.6. The van der Waals surface area contributed by atoms with E-state index in [1.165, 1.54) is 0 Å². The quantitative estimate of drug-likeness (QED) is 0.0858. The van der Waals surface area contributed by atoms with Gasteiger partial charge in [-0.15, -0.1) is 36.1 Å². The van der Waals surface area contributed by atoms with Gasteiger partial charge in [-0.2, -0.15) is 0 Å². The van der Waals surface area contributed by atoms with Crippen LogP contribution in [0.4, 0.5) is 0 Å². The lowest BCUT2D eigenvalue weighted by Crippen LogP contribution is -2.40. The van der Waals surface area contributed by atoms with Crippen LogP contribution >= 0.6 is 0 Å². The molecule has 0 amide bonds. The smallest absolute Gasteiger partial charge is 0.373 e. The minimum absolute atomic E-state index is 0.156. The molecule has 0 unspecified atom stereocenters. The van der Waals surface area contributed by atoms with Crippen molar-refractivity contribution in [1.82, 2.24) is 0 Å². The van der Waals surface area contributed by atoms with E-state index in [0.29, 0.717) is 6.61 Å². The van der Waals surface area contributed by atoms with Gasteiger partial charge in [-0.3, -0.25) is 9.78 Å². The number of ether oxygens (including phenoxy) is 1. The first-order valence-corrected chi connectivity index (χ1v) is 18.1. The average molecular weight is 567 g/mol. The summed E-state index contributed by atoms with van der Waals surface area (Å²) in [6.07, 6.45) is -0.201. The van der Waals surface area contributed by atoms with E-state index >= 15 is 0 Å². The van der Waals surface area contributed by atoms with Gasteiger partial charge in [-0.25, -0.2) is 9.59 Å². The lowest BCUT2D eigenvalue weighted by molar-refractivity contribution is -0.422. The first-order chi connectivity index (χ1) is 18.7. The fraction of sp³-hybridized carbons (Fsp3) is 0.267. The zero-order valence-corrected chi connectivity index (χ0v) is 25.0. The molecule has 0 saturated carbocycles. The van der Waals surface area contributed by atoms with Gasteiger partial charge in [-0.05, 0) is 30.7 Å². The molecule has 0 heterocycles. The van der Waals surface area contributed by atoms with E-state index in [9.17, 15) is 9.59 Å². The van der Waals surface area contributed by atoms with Gasteiger partial charge in [0.25, 0.3) is 0 Å². The van der Waals surface area contributed by atoms with Crippen molar-refractivity contribution in [3.63, 3.8) is 0 Å². The van der Waals surface area contributed by atoms with Gasteiger partial charge in [-0.1, -0.05) is 77.5 Å². The first kappa shape index (κ1) is 31.9. The average Bonchev–Trinajstić information content (AvgIpc) is 2.99. The highest BCUT2D eigenvalue weighted by Gasteiger charge is 2.24. The molecule has 0 aliphatic rings. The molecule has 9 heteroatoms. The third kappa shape index (κ3) is 8.84. The Bertz CT molecular complexity index is 1040. The molecule has 0 aromatic heterocycles. The van der Waals surface area contributed by atoms with Gasteiger partial charge in [0.15, 0.2) is 0 Å². The fourth-order valence-corrected chi connectivity index (χ4v) is 6.44. The molecule has 7 nitrogen and oxygen atoms in total. The molecule has 0 bridgehead atoms. The molecule has 0 aliphatic carbocycles. The number of benzene rings is 2. The molecule has 208 valence electrons. The van der Waals surface area contributed by atoms with Gasteiger partial charge < -0.3 is 4.74 Å². The van der Waals surface area contributed by atoms with E-state index < -0.39 is 34.4 Å². The minimum Gasteiger partial charge on any atom is -0.381 e. The Balaban J connectivity index is 2.01. The topological polar surface area (TPSA) is 80.3 Å². The molecule has 39 heavy (non-hydrogen) atoms. The lowest BCUT2D eigenvalue weighted by atomic mass is 10.2. The largest absolute Gasteiger partial charge is 0.381 e. The van der Waals surface area contributed by atoms with Crippen LogP contribution in [0.5, 0.6) is 0 Å². The Morgan fingerprint density at radius 2 is 1.10 bits per heavy atom. The van der Waals surface area contributed by atoms with Crippen molar-refractivity contribution in [2.24, 2.45) is 0 Å². The van der Waals surface area contributed by atoms with Crippen LogP contribution in [-0.2, 0) is 24.3 Å². The van der Waals surface area contributed by atoms with Crippen molar-refractivity contribution in [1.29, 1.82) is 0 Å². The maximum Gasteiger partial charge on any atom is 0.373 e. The summed E-state index contributed by atoms with van der Waals surface area (Å²) < 4.78 is 5.46. The summed E-state index contributed by atoms with van der Waals surface area (Å²) in [5.74, 6) is -1.44. The van der Waals surface area contributed by atoms with Gasteiger partial charge in [0.05, 0.1) is 17.7 Å². The maximum absolute atomic E-state index is 12.6. The van der Waals surface area contributed by atoms with E-state index in [4.69, 9.17) is 24.3 Å². The molecule has 2 aromatic rings. The summed E-state index contributed by atoms with van der Waals surface area (Å²) >= 11 is 0. The Hall–Kier alpha value is -3.35. The third-order valence-corrected chi connectivity index (χ3v) is 13.0. The molecule has 2 aromatic carbocycles. The molecule has 0 radical (unpaired) electrons. The Kier molecular flexibility index (Phi) is 12.5. The summed E-state index contributed by atoms with van der Waals surface area (Å²) in [5, 5.41) is 2.11. The first-order valence-electron chi connectivity index (χ1n) is 12.7. The summed E-state index contributed by atoms with van der Waals surface area (Å²) in [5.41, 5.74) is 8.23. The predicted octanol–water partition coefficient (Wildman–Crippen LogP) is 5.18. The summed E-state index contributed by atoms with van der Waals surface area (Å²) in [7, 11) is -4.00. The van der Waals surface area contributed by atoms with E-state index in [0.717, 1.165) is 16.8 Å². The van der Waals surface area contributed by atoms with Crippen molar-refractivity contribution >= 4 is 38.5 Å². The van der Waals surface area contributed by atoms with Gasteiger partial charge in [0, 0.05) is 13.0 Å². The van der Waals surface area contributed by atoms with Crippen LogP contribution in [-0.4, -0.2) is 47.6 Å². The zero-order valence-electron chi connectivity index (χ0n) is 23.0. The Labute approximate surface area is 233 Å². The molecular formula is C30H38O7Si2. The second-order valence-corrected chi connectivity index (χ2v) is 17.2. The number of rotatable bonds is 17. The molecule has 2 rings (SSSR count). The highest BCUT2D eigenvalue weighted by Crippen LogP contribution is 2.13. The number of hydrogen-bond donors (Lipinski definition) is 0. The predicted molar refractivity (Wildman–Crippen MR) is 159 cm³/mol. The molecule has 0 spiro atoms. The Morgan fingerprint density at radius 3 is 1.44 bits per heavy atom. The highest BCUT2D eigenvalue weighted by molar-refractivity contribution is 6.99. The van der Waals surface area contributed by atoms with Crippen molar-refractivity contribution < 1.29 is 33.9 Å².